The van der Waals surface area contributed by atoms with Gasteiger partial charge >= 0.3 is 6.18 Å². The molecule has 0 amide bonds. The zero-order valence-corrected chi connectivity index (χ0v) is 19.9. The molecule has 0 spiro atoms. The molecule has 2 aromatic carbocycles. The third-order valence-electron chi connectivity index (χ3n) is 4.99. The van der Waals surface area contributed by atoms with Gasteiger partial charge in [0.05, 0.1) is 17.6 Å². The van der Waals surface area contributed by atoms with Crippen molar-refractivity contribution >= 4 is 48.8 Å². The van der Waals surface area contributed by atoms with Crippen molar-refractivity contribution in [2.24, 2.45) is 0 Å². The van der Waals surface area contributed by atoms with Gasteiger partial charge in [-0.3, -0.25) is 0 Å². The maximum atomic E-state index is 13.8. The third kappa shape index (κ3) is 4.38. The summed E-state index contributed by atoms with van der Waals surface area (Å²) in [5, 5.41) is 3.00. The Labute approximate surface area is 198 Å². The van der Waals surface area contributed by atoms with Crippen LogP contribution in [0.5, 0.6) is 5.75 Å². The number of nitrogens with zero attached hydrogens (tertiary/aromatic N) is 4. The number of rotatable bonds is 6. The first-order valence-electron chi connectivity index (χ1n) is 9.79. The van der Waals surface area contributed by atoms with E-state index >= 15 is 0 Å². The lowest BCUT2D eigenvalue weighted by Crippen LogP contribution is -2.27. The molecular weight excluding hydrogens is 489 g/mol. The maximum absolute atomic E-state index is 13.8. The van der Waals surface area contributed by atoms with E-state index in [4.69, 9.17) is 4.74 Å². The van der Waals surface area contributed by atoms with E-state index < -0.39 is 21.8 Å². The Kier molecular flexibility index (Phi) is 6.13. The first-order valence-corrected chi connectivity index (χ1v) is 12.1. The Hall–Kier alpha value is -3.38. The Morgan fingerprint density at radius 3 is 2.38 bits per heavy atom. The number of benzene rings is 2. The van der Waals surface area contributed by atoms with E-state index in [2.05, 4.69) is 9.97 Å². The molecule has 0 aliphatic heterocycles. The smallest absolute Gasteiger partial charge is 0.416 e. The molecule has 4 aromatic rings. The number of hydrogen-bond acceptors (Lipinski definition) is 7. The maximum Gasteiger partial charge on any atom is 0.416 e. The zero-order chi connectivity index (χ0) is 24.7. The number of pyridine rings is 1. The molecule has 7 nitrogen and oxygen atoms in total. The summed E-state index contributed by atoms with van der Waals surface area (Å²) >= 11 is 1.03. The predicted octanol–water partition coefficient (Wildman–Crippen LogP) is 5.31. The van der Waals surface area contributed by atoms with Crippen LogP contribution in [0.1, 0.15) is 5.56 Å². The minimum atomic E-state index is -4.62. The minimum Gasteiger partial charge on any atom is -0.495 e. The Balaban J connectivity index is 1.90. The Morgan fingerprint density at radius 2 is 1.76 bits per heavy atom. The average molecular weight is 509 g/mol. The van der Waals surface area contributed by atoms with Gasteiger partial charge in [-0.25, -0.2) is 22.7 Å². The van der Waals surface area contributed by atoms with Crippen LogP contribution < -0.4 is 13.9 Å². The normalized spacial score (nSPS) is 12.1. The lowest BCUT2D eigenvalue weighted by Gasteiger charge is -2.24. The van der Waals surface area contributed by atoms with Crippen molar-refractivity contribution in [1.82, 2.24) is 9.97 Å². The van der Waals surface area contributed by atoms with Crippen LogP contribution in [0.3, 0.4) is 0 Å². The van der Waals surface area contributed by atoms with Gasteiger partial charge in [-0.15, -0.1) is 11.3 Å². The Morgan fingerprint density at radius 1 is 1.00 bits per heavy atom. The zero-order valence-electron chi connectivity index (χ0n) is 18.2. The van der Waals surface area contributed by atoms with Crippen molar-refractivity contribution in [3.63, 3.8) is 0 Å². The molecule has 0 N–H and O–H groups in total. The lowest BCUT2D eigenvalue weighted by molar-refractivity contribution is -0.137. The van der Waals surface area contributed by atoms with Crippen molar-refractivity contribution < 1.29 is 26.3 Å². The highest BCUT2D eigenvalue weighted by Gasteiger charge is 2.35. The number of ether oxygens (including phenoxy) is 1. The summed E-state index contributed by atoms with van der Waals surface area (Å²) in [6.07, 6.45) is -1.57. The highest BCUT2D eigenvalue weighted by Crippen LogP contribution is 2.42. The quantitative estimate of drug-likeness (QED) is 0.351. The van der Waals surface area contributed by atoms with Crippen LogP contribution >= 0.6 is 11.3 Å². The van der Waals surface area contributed by atoms with E-state index in [-0.39, 0.29) is 21.5 Å². The molecule has 4 rings (SSSR count). The van der Waals surface area contributed by atoms with Crippen LogP contribution in [0.25, 0.3) is 10.8 Å². The second-order valence-corrected chi connectivity index (χ2v) is 10.1. The molecule has 0 aliphatic carbocycles. The van der Waals surface area contributed by atoms with Gasteiger partial charge in [0.15, 0.2) is 0 Å². The van der Waals surface area contributed by atoms with Gasteiger partial charge < -0.3 is 9.64 Å². The van der Waals surface area contributed by atoms with E-state index in [9.17, 15) is 21.6 Å². The monoisotopic (exact) mass is 508 g/mol. The van der Waals surface area contributed by atoms with Crippen molar-refractivity contribution in [3.05, 3.63) is 65.8 Å². The minimum absolute atomic E-state index is 0.0573. The largest absolute Gasteiger partial charge is 0.495 e. The Bertz CT molecular complexity index is 1440. The predicted molar refractivity (Wildman–Crippen MR) is 126 cm³/mol. The first kappa shape index (κ1) is 23.8. The molecule has 2 aromatic heterocycles. The van der Waals surface area contributed by atoms with Gasteiger partial charge in [-0.05, 0) is 41.8 Å². The standard InChI is InChI=1S/C22H19F3N4O3S2/c1-28(2)20-11-15-10-17(6-4-14(15)13-27-20)34(30,31)29(21-26-8-9-33-21)18-7-5-16(22(23,24)25)12-19(18)32-3/h4-13H,1-3H3. The van der Waals surface area contributed by atoms with Gasteiger partial charge in [0.25, 0.3) is 10.0 Å². The molecule has 0 fully saturated rings. The van der Waals surface area contributed by atoms with Crippen molar-refractivity contribution in [2.75, 3.05) is 30.4 Å². The molecule has 0 saturated carbocycles. The number of halogens is 3. The SMILES string of the molecule is COc1cc(C(F)(F)F)ccc1N(c1nccs1)S(=O)(=O)c1ccc2cnc(N(C)C)cc2c1. The van der Waals surface area contributed by atoms with Gasteiger partial charge in [-0.2, -0.15) is 13.2 Å². The summed E-state index contributed by atoms with van der Waals surface area (Å²) < 4.78 is 73.4. The van der Waals surface area contributed by atoms with E-state index in [0.29, 0.717) is 11.2 Å². The second-order valence-electron chi connectivity index (χ2n) is 7.41. The van der Waals surface area contributed by atoms with Gasteiger partial charge in [0.2, 0.25) is 5.13 Å². The summed E-state index contributed by atoms with van der Waals surface area (Å²) in [4.78, 5) is 10.1. The molecule has 34 heavy (non-hydrogen) atoms. The number of aromatic nitrogens is 2. The fourth-order valence-corrected chi connectivity index (χ4v) is 5.66. The molecular formula is C22H19F3N4O3S2. The van der Waals surface area contributed by atoms with Crippen LogP contribution in [-0.4, -0.2) is 39.6 Å². The molecule has 178 valence electrons. The van der Waals surface area contributed by atoms with Crippen LogP contribution in [0.2, 0.25) is 0 Å². The van der Waals surface area contributed by atoms with Crippen molar-refractivity contribution in [1.29, 1.82) is 0 Å². The third-order valence-corrected chi connectivity index (χ3v) is 7.57. The van der Waals surface area contributed by atoms with E-state index in [1.807, 2.05) is 14.1 Å². The summed E-state index contributed by atoms with van der Waals surface area (Å²) in [5.74, 6) is 0.386. The highest BCUT2D eigenvalue weighted by atomic mass is 32.2. The topological polar surface area (TPSA) is 75.6 Å². The molecule has 0 bridgehead atoms. The number of anilines is 3. The number of fused-ring (bicyclic) bond motifs is 1. The van der Waals surface area contributed by atoms with Crippen molar-refractivity contribution in [3.8, 4) is 5.75 Å². The molecule has 0 aliphatic rings. The number of hydrogen-bond donors (Lipinski definition) is 0. The molecule has 0 radical (unpaired) electrons. The number of methoxy groups -OCH3 is 1. The lowest BCUT2D eigenvalue weighted by atomic mass is 10.2. The molecule has 0 unspecified atom stereocenters. The van der Waals surface area contributed by atoms with E-state index in [1.54, 1.807) is 28.6 Å². The number of alkyl halides is 3. The van der Waals surface area contributed by atoms with Gasteiger partial charge in [0, 0.05) is 37.3 Å². The molecule has 12 heteroatoms. The van der Waals surface area contributed by atoms with Crippen LogP contribution in [0, 0.1) is 0 Å². The summed E-state index contributed by atoms with van der Waals surface area (Å²) in [7, 11) is 0.512. The summed E-state index contributed by atoms with van der Waals surface area (Å²) in [5.41, 5.74) is -1.05. The first-order chi connectivity index (χ1) is 16.0. The molecule has 0 saturated heterocycles. The number of thiazole rings is 1. The fourth-order valence-electron chi connectivity index (χ4n) is 3.29. The molecule has 0 atom stereocenters. The second kappa shape index (κ2) is 8.76. The van der Waals surface area contributed by atoms with E-state index in [1.165, 1.54) is 25.4 Å². The van der Waals surface area contributed by atoms with Crippen LogP contribution in [0.4, 0.5) is 29.8 Å². The molecule has 2 heterocycles. The summed E-state index contributed by atoms with van der Waals surface area (Å²) in [6.45, 7) is 0. The van der Waals surface area contributed by atoms with Crippen LogP contribution in [-0.2, 0) is 16.2 Å². The highest BCUT2D eigenvalue weighted by molar-refractivity contribution is 7.93. The van der Waals surface area contributed by atoms with Gasteiger partial charge in [-0.1, -0.05) is 6.07 Å². The average Bonchev–Trinajstić information content (AvgIpc) is 3.31. The summed E-state index contributed by atoms with van der Waals surface area (Å²) in [6, 6.07) is 8.93. The van der Waals surface area contributed by atoms with Crippen LogP contribution in [0.15, 0.2) is 65.1 Å². The van der Waals surface area contributed by atoms with E-state index in [0.717, 1.165) is 39.2 Å². The number of sulfonamides is 1. The fraction of sp³-hybridized carbons (Fsp3) is 0.182. The van der Waals surface area contributed by atoms with Gasteiger partial charge in [0.1, 0.15) is 17.3 Å². The van der Waals surface area contributed by atoms with Crippen molar-refractivity contribution in [2.45, 2.75) is 11.1 Å².